The van der Waals surface area contributed by atoms with Crippen LogP contribution in [-0.4, -0.2) is 37.2 Å². The second-order valence-corrected chi connectivity index (χ2v) is 17.8. The van der Waals surface area contributed by atoms with Crippen LogP contribution >= 0.6 is 0 Å². The number of rotatable bonds is 48. The Morgan fingerprint density at radius 2 is 0.639 bits per heavy atom. The Balaban J connectivity index is 4.23. The molecule has 356 valence electrons. The minimum atomic E-state index is -0.775. The smallest absolute Gasteiger partial charge is 0.306 e. The molecule has 0 N–H and O–H groups in total. The fourth-order valence-corrected chi connectivity index (χ4v) is 7.69. The molecule has 0 bridgehead atoms. The topological polar surface area (TPSA) is 78.9 Å². The number of esters is 3. The van der Waals surface area contributed by atoms with Crippen LogP contribution in [0.4, 0.5) is 0 Å². The first-order valence-electron chi connectivity index (χ1n) is 26.5. The molecule has 6 heteroatoms. The van der Waals surface area contributed by atoms with Crippen molar-refractivity contribution in [1.82, 2.24) is 0 Å². The number of ether oxygens (including phenoxy) is 3. The van der Waals surface area contributed by atoms with Gasteiger partial charge < -0.3 is 14.2 Å². The lowest BCUT2D eigenvalue weighted by Gasteiger charge is -2.18. The van der Waals surface area contributed by atoms with Crippen molar-refractivity contribution in [1.29, 1.82) is 0 Å². The van der Waals surface area contributed by atoms with Gasteiger partial charge in [-0.1, -0.05) is 243 Å². The monoisotopic (exact) mass is 857 g/mol. The second-order valence-electron chi connectivity index (χ2n) is 17.8. The largest absolute Gasteiger partial charge is 0.462 e. The van der Waals surface area contributed by atoms with E-state index in [0.29, 0.717) is 19.3 Å². The van der Waals surface area contributed by atoms with Crippen molar-refractivity contribution in [3.8, 4) is 0 Å². The first-order valence-corrected chi connectivity index (χ1v) is 26.5. The van der Waals surface area contributed by atoms with Gasteiger partial charge in [0.15, 0.2) is 6.10 Å². The molecule has 0 spiro atoms. The lowest BCUT2D eigenvalue weighted by atomic mass is 10.0. The molecule has 0 fully saturated rings. The SMILES string of the molecule is CC/C=C\C/C=C\C/C=C\CCCCCCCC(=O)OC(COC(=O)CCCCCCCCCC)COC(=O)CCCCCCCCCCCCCCCCCCCCCC. The highest BCUT2D eigenvalue weighted by molar-refractivity contribution is 5.71. The van der Waals surface area contributed by atoms with Crippen LogP contribution in [0.5, 0.6) is 0 Å². The molecule has 0 rings (SSSR count). The van der Waals surface area contributed by atoms with Gasteiger partial charge in [-0.25, -0.2) is 0 Å². The molecule has 0 aromatic carbocycles. The molecule has 0 aromatic rings. The van der Waals surface area contributed by atoms with Gasteiger partial charge in [0.05, 0.1) is 0 Å². The average molecular weight is 857 g/mol. The van der Waals surface area contributed by atoms with Gasteiger partial charge >= 0.3 is 17.9 Å². The molecular formula is C55H100O6. The summed E-state index contributed by atoms with van der Waals surface area (Å²) in [6, 6.07) is 0. The van der Waals surface area contributed by atoms with Gasteiger partial charge in [-0.2, -0.15) is 0 Å². The van der Waals surface area contributed by atoms with Crippen LogP contribution in [0.15, 0.2) is 36.5 Å². The maximum Gasteiger partial charge on any atom is 0.306 e. The van der Waals surface area contributed by atoms with E-state index >= 15 is 0 Å². The van der Waals surface area contributed by atoms with Crippen LogP contribution in [0, 0.1) is 0 Å². The highest BCUT2D eigenvalue weighted by atomic mass is 16.6. The van der Waals surface area contributed by atoms with E-state index in [1.165, 1.54) is 141 Å². The average Bonchev–Trinajstić information content (AvgIpc) is 3.26. The predicted octanol–water partition coefficient (Wildman–Crippen LogP) is 17.3. The first kappa shape index (κ1) is 58.6. The molecule has 0 aromatic heterocycles. The van der Waals surface area contributed by atoms with Gasteiger partial charge in [-0.15, -0.1) is 0 Å². The zero-order valence-electron chi connectivity index (χ0n) is 40.7. The van der Waals surface area contributed by atoms with Gasteiger partial charge in [0.2, 0.25) is 0 Å². The molecule has 6 nitrogen and oxygen atoms in total. The Morgan fingerprint density at radius 1 is 0.344 bits per heavy atom. The summed E-state index contributed by atoms with van der Waals surface area (Å²) in [4.78, 5) is 37.9. The summed E-state index contributed by atoms with van der Waals surface area (Å²) in [7, 11) is 0. The van der Waals surface area contributed by atoms with Crippen LogP contribution in [0.2, 0.25) is 0 Å². The molecule has 1 atom stereocenters. The van der Waals surface area contributed by atoms with Crippen molar-refractivity contribution in [2.45, 2.75) is 284 Å². The van der Waals surface area contributed by atoms with E-state index in [0.717, 1.165) is 96.3 Å². The fraction of sp³-hybridized carbons (Fsp3) is 0.836. The van der Waals surface area contributed by atoms with E-state index in [4.69, 9.17) is 14.2 Å². The van der Waals surface area contributed by atoms with Crippen LogP contribution in [-0.2, 0) is 28.6 Å². The zero-order valence-corrected chi connectivity index (χ0v) is 40.7. The molecular weight excluding hydrogens is 757 g/mol. The van der Waals surface area contributed by atoms with E-state index in [2.05, 4.69) is 57.2 Å². The summed E-state index contributed by atoms with van der Waals surface area (Å²) in [5.74, 6) is -0.885. The third-order valence-electron chi connectivity index (χ3n) is 11.7. The number of hydrogen-bond donors (Lipinski definition) is 0. The van der Waals surface area contributed by atoms with Gasteiger partial charge in [-0.05, 0) is 51.4 Å². The van der Waals surface area contributed by atoms with Crippen molar-refractivity contribution >= 4 is 17.9 Å². The van der Waals surface area contributed by atoms with E-state index in [-0.39, 0.29) is 31.1 Å². The minimum absolute atomic E-state index is 0.0754. The number of carbonyl (C=O) groups is 3. The van der Waals surface area contributed by atoms with E-state index in [1.807, 2.05) is 0 Å². The number of unbranched alkanes of at least 4 members (excludes halogenated alkanes) is 31. The maximum atomic E-state index is 12.8. The van der Waals surface area contributed by atoms with E-state index in [1.54, 1.807) is 0 Å². The summed E-state index contributed by atoms with van der Waals surface area (Å²) in [5.41, 5.74) is 0. The molecule has 0 heterocycles. The standard InChI is InChI=1S/C55H100O6/c1-4-7-10-13-16-19-21-23-25-26-27-28-29-31-32-34-36-39-42-45-48-54(57)60-51-52(50-59-53(56)47-44-41-38-18-15-12-9-6-3)61-55(58)49-46-43-40-37-35-33-30-24-22-20-17-14-11-8-5-2/h8,11,17,20,24,30,52H,4-7,9-10,12-16,18-19,21-23,25-29,31-51H2,1-3H3/b11-8-,20-17-,30-24-. The summed E-state index contributed by atoms with van der Waals surface area (Å²) in [6.45, 7) is 6.51. The Kier molecular flexibility index (Phi) is 48.3. The third-order valence-corrected chi connectivity index (χ3v) is 11.7. The van der Waals surface area contributed by atoms with Gasteiger partial charge in [0.25, 0.3) is 0 Å². The summed E-state index contributed by atoms with van der Waals surface area (Å²) < 4.78 is 16.8. The van der Waals surface area contributed by atoms with Crippen molar-refractivity contribution in [3.05, 3.63) is 36.5 Å². The molecule has 1 unspecified atom stereocenters. The Bertz CT molecular complexity index is 1030. The highest BCUT2D eigenvalue weighted by Gasteiger charge is 2.19. The molecule has 0 radical (unpaired) electrons. The fourth-order valence-electron chi connectivity index (χ4n) is 7.69. The first-order chi connectivity index (χ1) is 30.0. The lowest BCUT2D eigenvalue weighted by molar-refractivity contribution is -0.167. The molecule has 0 aliphatic rings. The predicted molar refractivity (Wildman–Crippen MR) is 261 cm³/mol. The van der Waals surface area contributed by atoms with E-state index in [9.17, 15) is 14.4 Å². The number of carbonyl (C=O) groups excluding carboxylic acids is 3. The normalized spacial score (nSPS) is 12.2. The summed E-state index contributed by atoms with van der Waals surface area (Å²) >= 11 is 0. The lowest BCUT2D eigenvalue weighted by Crippen LogP contribution is -2.30. The molecule has 0 saturated heterocycles. The molecule has 61 heavy (non-hydrogen) atoms. The number of allylic oxidation sites excluding steroid dienone is 6. The van der Waals surface area contributed by atoms with Crippen LogP contribution in [0.3, 0.4) is 0 Å². The Hall–Kier alpha value is -2.37. The van der Waals surface area contributed by atoms with Gasteiger partial charge in [0, 0.05) is 19.3 Å². The van der Waals surface area contributed by atoms with Gasteiger partial charge in [0.1, 0.15) is 13.2 Å². The minimum Gasteiger partial charge on any atom is -0.462 e. The summed E-state index contributed by atoms with van der Waals surface area (Å²) in [6.07, 6.45) is 58.6. The Labute approximate surface area is 378 Å². The molecule has 0 saturated carbocycles. The van der Waals surface area contributed by atoms with Gasteiger partial charge in [-0.3, -0.25) is 14.4 Å². The molecule has 0 aliphatic carbocycles. The zero-order chi connectivity index (χ0) is 44.4. The maximum absolute atomic E-state index is 12.8. The highest BCUT2D eigenvalue weighted by Crippen LogP contribution is 2.16. The third kappa shape index (κ3) is 48.5. The van der Waals surface area contributed by atoms with E-state index < -0.39 is 6.10 Å². The van der Waals surface area contributed by atoms with Crippen LogP contribution < -0.4 is 0 Å². The quantitative estimate of drug-likeness (QED) is 0.0262. The molecule has 0 aliphatic heterocycles. The molecule has 0 amide bonds. The van der Waals surface area contributed by atoms with Crippen molar-refractivity contribution < 1.29 is 28.6 Å². The van der Waals surface area contributed by atoms with Crippen molar-refractivity contribution in [2.24, 2.45) is 0 Å². The second kappa shape index (κ2) is 50.3. The van der Waals surface area contributed by atoms with Crippen LogP contribution in [0.1, 0.15) is 278 Å². The number of hydrogen-bond acceptors (Lipinski definition) is 6. The van der Waals surface area contributed by atoms with Crippen molar-refractivity contribution in [2.75, 3.05) is 13.2 Å². The van der Waals surface area contributed by atoms with Crippen LogP contribution in [0.25, 0.3) is 0 Å². The van der Waals surface area contributed by atoms with Crippen molar-refractivity contribution in [3.63, 3.8) is 0 Å². The Morgan fingerprint density at radius 3 is 1.00 bits per heavy atom. The summed E-state index contributed by atoms with van der Waals surface area (Å²) in [5, 5.41) is 0.